The molecule has 2 heterocycles. The lowest BCUT2D eigenvalue weighted by Gasteiger charge is -2.14. The average molecular weight is 371 g/mol. The Balaban J connectivity index is 1.83. The van der Waals surface area contributed by atoms with E-state index in [-0.39, 0.29) is 0 Å². The quantitative estimate of drug-likeness (QED) is 0.725. The number of hydrogen-bond acceptors (Lipinski definition) is 2. The number of benzene rings is 2. The molecule has 4 heteroatoms. The zero-order valence-corrected chi connectivity index (χ0v) is 14.7. The van der Waals surface area contributed by atoms with E-state index >= 15 is 0 Å². The Morgan fingerprint density at radius 2 is 2.13 bits per heavy atom. The van der Waals surface area contributed by atoms with Gasteiger partial charge in [-0.25, -0.2) is 0 Å². The fraction of sp³-hybridized carbons (Fsp3) is 0.263. The van der Waals surface area contributed by atoms with Gasteiger partial charge >= 0.3 is 0 Å². The molecule has 0 saturated heterocycles. The fourth-order valence-corrected chi connectivity index (χ4v) is 3.88. The van der Waals surface area contributed by atoms with Crippen LogP contribution in [0.5, 0.6) is 5.75 Å². The molecule has 1 aliphatic heterocycles. The third-order valence-electron chi connectivity index (χ3n) is 4.57. The average Bonchev–Trinajstić information content (AvgIpc) is 2.98. The van der Waals surface area contributed by atoms with Crippen molar-refractivity contribution in [2.75, 3.05) is 13.7 Å². The molecule has 1 aliphatic rings. The van der Waals surface area contributed by atoms with Crippen molar-refractivity contribution in [2.45, 2.75) is 19.4 Å². The highest BCUT2D eigenvalue weighted by molar-refractivity contribution is 9.10. The lowest BCUT2D eigenvalue weighted by atomic mass is 9.97. The molecule has 0 amide bonds. The number of methoxy groups -OCH3 is 1. The molecular formula is C19H19BrN2O. The van der Waals surface area contributed by atoms with Crippen LogP contribution in [0.2, 0.25) is 0 Å². The molecule has 3 aromatic rings. The Bertz CT molecular complexity index is 869. The van der Waals surface area contributed by atoms with Crippen molar-refractivity contribution in [3.63, 3.8) is 0 Å². The molecule has 0 atom stereocenters. The van der Waals surface area contributed by atoms with Crippen molar-refractivity contribution in [3.05, 3.63) is 63.3 Å². The van der Waals surface area contributed by atoms with E-state index in [2.05, 4.69) is 56.6 Å². The minimum Gasteiger partial charge on any atom is -0.497 e. The second kappa shape index (κ2) is 6.02. The fourth-order valence-electron chi connectivity index (χ4n) is 3.45. The number of hydrogen-bond donors (Lipinski definition) is 2. The molecule has 0 fully saturated rings. The molecule has 118 valence electrons. The summed E-state index contributed by atoms with van der Waals surface area (Å²) < 4.78 is 6.49. The van der Waals surface area contributed by atoms with Crippen LogP contribution in [0.1, 0.15) is 22.4 Å². The van der Waals surface area contributed by atoms with E-state index in [1.54, 1.807) is 7.11 Å². The second-order valence-electron chi connectivity index (χ2n) is 5.99. The van der Waals surface area contributed by atoms with E-state index in [0.717, 1.165) is 36.2 Å². The second-order valence-corrected chi connectivity index (χ2v) is 6.85. The van der Waals surface area contributed by atoms with Crippen LogP contribution in [0.4, 0.5) is 0 Å². The molecule has 0 aliphatic carbocycles. The minimum absolute atomic E-state index is 0.908. The van der Waals surface area contributed by atoms with E-state index in [9.17, 15) is 0 Å². The number of aromatic nitrogens is 1. The van der Waals surface area contributed by atoms with Gasteiger partial charge in [-0.15, -0.1) is 0 Å². The zero-order valence-electron chi connectivity index (χ0n) is 13.1. The van der Waals surface area contributed by atoms with Gasteiger partial charge in [-0.05, 0) is 57.2 Å². The number of halogens is 1. The molecule has 0 unspecified atom stereocenters. The Morgan fingerprint density at radius 3 is 3.00 bits per heavy atom. The van der Waals surface area contributed by atoms with Crippen molar-refractivity contribution in [3.8, 4) is 5.75 Å². The standard InChI is InChI=1S/C19H19BrN2O/c1-23-14-4-2-3-12(10-14)9-13-5-6-16(20)19-18(13)15-11-21-8-7-17(15)22-19/h2-6,10,21-22H,7-9,11H2,1H3. The maximum absolute atomic E-state index is 5.35. The summed E-state index contributed by atoms with van der Waals surface area (Å²) >= 11 is 3.69. The van der Waals surface area contributed by atoms with E-state index in [4.69, 9.17) is 4.74 Å². The SMILES string of the molecule is COc1cccc(Cc2ccc(Br)c3[nH]c4c(c23)CNCC4)c1. The van der Waals surface area contributed by atoms with Gasteiger partial charge in [0.05, 0.1) is 12.6 Å². The highest BCUT2D eigenvalue weighted by atomic mass is 79.9. The Hall–Kier alpha value is -1.78. The van der Waals surface area contributed by atoms with Crippen LogP contribution in [-0.4, -0.2) is 18.6 Å². The molecular weight excluding hydrogens is 352 g/mol. The first-order chi connectivity index (χ1) is 11.3. The van der Waals surface area contributed by atoms with Crippen LogP contribution in [-0.2, 0) is 19.4 Å². The first-order valence-corrected chi connectivity index (χ1v) is 8.70. The first-order valence-electron chi connectivity index (χ1n) is 7.90. The predicted octanol–water partition coefficient (Wildman–Crippen LogP) is 4.18. The van der Waals surface area contributed by atoms with Gasteiger partial charge in [-0.1, -0.05) is 18.2 Å². The van der Waals surface area contributed by atoms with Crippen molar-refractivity contribution < 1.29 is 4.74 Å². The maximum atomic E-state index is 5.35. The van der Waals surface area contributed by atoms with E-state index in [1.807, 2.05) is 6.07 Å². The van der Waals surface area contributed by atoms with Gasteiger partial charge in [-0.3, -0.25) is 0 Å². The molecule has 23 heavy (non-hydrogen) atoms. The van der Waals surface area contributed by atoms with Gasteiger partial charge in [0.1, 0.15) is 5.75 Å². The monoisotopic (exact) mass is 370 g/mol. The molecule has 0 spiro atoms. The van der Waals surface area contributed by atoms with Gasteiger partial charge in [0.25, 0.3) is 0 Å². The summed E-state index contributed by atoms with van der Waals surface area (Å²) in [7, 11) is 1.71. The number of ether oxygens (including phenoxy) is 1. The summed E-state index contributed by atoms with van der Waals surface area (Å²) in [5, 5.41) is 4.86. The first kappa shape index (κ1) is 14.8. The van der Waals surface area contributed by atoms with Crippen LogP contribution >= 0.6 is 15.9 Å². The zero-order chi connectivity index (χ0) is 15.8. The minimum atomic E-state index is 0.908. The van der Waals surface area contributed by atoms with Crippen LogP contribution in [0.15, 0.2) is 40.9 Å². The molecule has 0 saturated carbocycles. The van der Waals surface area contributed by atoms with Gasteiger partial charge in [0.15, 0.2) is 0 Å². The van der Waals surface area contributed by atoms with Crippen molar-refractivity contribution in [1.29, 1.82) is 0 Å². The molecule has 0 bridgehead atoms. The van der Waals surface area contributed by atoms with Crippen molar-refractivity contribution in [2.24, 2.45) is 0 Å². The van der Waals surface area contributed by atoms with Crippen LogP contribution in [0, 0.1) is 0 Å². The van der Waals surface area contributed by atoms with E-state index in [0.29, 0.717) is 0 Å². The van der Waals surface area contributed by atoms with Gasteiger partial charge in [0.2, 0.25) is 0 Å². The number of nitrogens with one attached hydrogen (secondary N) is 2. The van der Waals surface area contributed by atoms with Crippen molar-refractivity contribution in [1.82, 2.24) is 10.3 Å². The third kappa shape index (κ3) is 2.66. The normalized spacial score (nSPS) is 14.0. The summed E-state index contributed by atoms with van der Waals surface area (Å²) in [5.41, 5.74) is 6.64. The lowest BCUT2D eigenvalue weighted by molar-refractivity contribution is 0.414. The Morgan fingerprint density at radius 1 is 1.22 bits per heavy atom. The Kier molecular flexibility index (Phi) is 3.87. The van der Waals surface area contributed by atoms with Gasteiger partial charge in [0, 0.05) is 35.1 Å². The Labute approximate surface area is 144 Å². The van der Waals surface area contributed by atoms with E-state index in [1.165, 1.54) is 33.3 Å². The number of fused-ring (bicyclic) bond motifs is 3. The largest absolute Gasteiger partial charge is 0.497 e. The van der Waals surface area contributed by atoms with Crippen LogP contribution in [0.25, 0.3) is 10.9 Å². The molecule has 0 radical (unpaired) electrons. The highest BCUT2D eigenvalue weighted by Gasteiger charge is 2.19. The lowest BCUT2D eigenvalue weighted by Crippen LogP contribution is -2.23. The summed E-state index contributed by atoms with van der Waals surface area (Å²) in [5.74, 6) is 0.911. The smallest absolute Gasteiger partial charge is 0.119 e. The van der Waals surface area contributed by atoms with Crippen LogP contribution < -0.4 is 10.1 Å². The number of aromatic amines is 1. The maximum Gasteiger partial charge on any atom is 0.119 e. The number of rotatable bonds is 3. The van der Waals surface area contributed by atoms with E-state index < -0.39 is 0 Å². The van der Waals surface area contributed by atoms with Gasteiger partial charge < -0.3 is 15.0 Å². The highest BCUT2D eigenvalue weighted by Crippen LogP contribution is 2.34. The summed E-state index contributed by atoms with van der Waals surface area (Å²) in [6.45, 7) is 1.99. The third-order valence-corrected chi connectivity index (χ3v) is 5.23. The predicted molar refractivity (Wildman–Crippen MR) is 97.2 cm³/mol. The van der Waals surface area contributed by atoms with Gasteiger partial charge in [-0.2, -0.15) is 0 Å². The summed E-state index contributed by atoms with van der Waals surface area (Å²) in [6, 6.07) is 12.7. The molecule has 1 aromatic heterocycles. The molecule has 2 N–H and O–H groups in total. The van der Waals surface area contributed by atoms with Crippen molar-refractivity contribution >= 4 is 26.8 Å². The molecule has 3 nitrogen and oxygen atoms in total. The summed E-state index contributed by atoms with van der Waals surface area (Å²) in [4.78, 5) is 3.62. The summed E-state index contributed by atoms with van der Waals surface area (Å²) in [6.07, 6.45) is 1.97. The molecule has 4 rings (SSSR count). The topological polar surface area (TPSA) is 37.0 Å². The molecule has 2 aromatic carbocycles. The van der Waals surface area contributed by atoms with Crippen LogP contribution in [0.3, 0.4) is 0 Å². The number of H-pyrrole nitrogens is 1.